The third kappa shape index (κ3) is 4.67. The van der Waals surface area contributed by atoms with Crippen LogP contribution >= 0.6 is 0 Å². The minimum atomic E-state index is 0.538. The SMILES string of the molecule is COc1cc(C=Cc2nc3n(n2)CCC[C@H]3C2CCN(C(C)C)CC2)ccc1-n1cnc(C)c1. The van der Waals surface area contributed by atoms with Crippen LogP contribution in [0.15, 0.2) is 30.7 Å². The van der Waals surface area contributed by atoms with E-state index in [9.17, 15) is 0 Å². The topological polar surface area (TPSA) is 61.0 Å². The van der Waals surface area contributed by atoms with Crippen molar-refractivity contribution in [3.05, 3.63) is 53.6 Å². The molecule has 1 aromatic carbocycles. The first-order valence-electron chi connectivity index (χ1n) is 12.6. The maximum Gasteiger partial charge on any atom is 0.174 e. The highest BCUT2D eigenvalue weighted by atomic mass is 16.5. The van der Waals surface area contributed by atoms with Crippen LogP contribution in [-0.4, -0.2) is 55.5 Å². The van der Waals surface area contributed by atoms with Gasteiger partial charge in [0.25, 0.3) is 0 Å². The number of likely N-dealkylation sites (tertiary alicyclic amines) is 1. The Morgan fingerprint density at radius 1 is 1.09 bits per heavy atom. The van der Waals surface area contributed by atoms with Crippen LogP contribution in [0.4, 0.5) is 0 Å². The second-order valence-electron chi connectivity index (χ2n) is 9.95. The lowest BCUT2D eigenvalue weighted by atomic mass is 9.79. The van der Waals surface area contributed by atoms with Crippen LogP contribution in [0.1, 0.15) is 68.4 Å². The maximum atomic E-state index is 5.65. The van der Waals surface area contributed by atoms with E-state index in [1.165, 1.54) is 44.6 Å². The van der Waals surface area contributed by atoms with E-state index in [0.717, 1.165) is 41.0 Å². The van der Waals surface area contributed by atoms with Gasteiger partial charge in [0.1, 0.15) is 11.6 Å². The molecule has 2 aliphatic rings. The Kier molecular flexibility index (Phi) is 6.55. The van der Waals surface area contributed by atoms with E-state index in [-0.39, 0.29) is 0 Å². The predicted octanol–water partition coefficient (Wildman–Crippen LogP) is 4.95. The number of nitrogens with zero attached hydrogens (tertiary/aromatic N) is 6. The third-order valence-corrected chi connectivity index (χ3v) is 7.43. The van der Waals surface area contributed by atoms with Crippen molar-refractivity contribution in [2.24, 2.45) is 5.92 Å². The van der Waals surface area contributed by atoms with E-state index in [2.05, 4.69) is 46.6 Å². The van der Waals surface area contributed by atoms with Gasteiger partial charge in [0.15, 0.2) is 5.82 Å². The van der Waals surface area contributed by atoms with Crippen LogP contribution in [0, 0.1) is 12.8 Å². The Morgan fingerprint density at radius 2 is 1.91 bits per heavy atom. The number of ether oxygens (including phenoxy) is 1. The van der Waals surface area contributed by atoms with E-state index in [1.807, 2.05) is 36.2 Å². The van der Waals surface area contributed by atoms with E-state index >= 15 is 0 Å². The van der Waals surface area contributed by atoms with Gasteiger partial charge in [-0.1, -0.05) is 12.1 Å². The number of aryl methyl sites for hydroxylation is 2. The fourth-order valence-electron chi connectivity index (χ4n) is 5.49. The number of piperidine rings is 1. The Bertz CT molecular complexity index is 1150. The minimum absolute atomic E-state index is 0.538. The van der Waals surface area contributed by atoms with Gasteiger partial charge >= 0.3 is 0 Å². The molecule has 0 spiro atoms. The number of hydrogen-bond donors (Lipinski definition) is 0. The molecule has 0 bridgehead atoms. The van der Waals surface area contributed by atoms with Gasteiger partial charge in [-0.05, 0) is 89.2 Å². The van der Waals surface area contributed by atoms with Crippen molar-refractivity contribution >= 4 is 12.2 Å². The molecule has 5 rings (SSSR count). The maximum absolute atomic E-state index is 5.65. The molecule has 1 atom stereocenters. The van der Waals surface area contributed by atoms with Crippen LogP contribution < -0.4 is 4.74 Å². The molecule has 0 N–H and O–H groups in total. The van der Waals surface area contributed by atoms with Crippen molar-refractivity contribution < 1.29 is 4.74 Å². The molecule has 4 heterocycles. The molecule has 2 aliphatic heterocycles. The molecule has 0 aliphatic carbocycles. The van der Waals surface area contributed by atoms with Crippen LogP contribution in [0.5, 0.6) is 5.75 Å². The zero-order valence-electron chi connectivity index (χ0n) is 20.8. The predicted molar refractivity (Wildman–Crippen MR) is 135 cm³/mol. The second kappa shape index (κ2) is 9.74. The molecule has 0 radical (unpaired) electrons. The lowest BCUT2D eigenvalue weighted by Crippen LogP contribution is -2.40. The average molecular weight is 461 g/mol. The number of methoxy groups -OCH3 is 1. The number of fused-ring (bicyclic) bond motifs is 1. The van der Waals surface area contributed by atoms with Crippen molar-refractivity contribution in [3.8, 4) is 11.4 Å². The molecule has 3 aromatic rings. The van der Waals surface area contributed by atoms with Gasteiger partial charge in [-0.15, -0.1) is 0 Å². The lowest BCUT2D eigenvalue weighted by Gasteiger charge is -2.38. The van der Waals surface area contributed by atoms with E-state index in [4.69, 9.17) is 14.8 Å². The summed E-state index contributed by atoms with van der Waals surface area (Å²) in [6.07, 6.45) is 12.9. The molecule has 0 unspecified atom stereocenters. The summed E-state index contributed by atoms with van der Waals surface area (Å²) in [7, 11) is 1.70. The summed E-state index contributed by atoms with van der Waals surface area (Å²) in [4.78, 5) is 11.9. The highest BCUT2D eigenvalue weighted by Gasteiger charge is 2.33. The monoisotopic (exact) mass is 460 g/mol. The number of benzene rings is 1. The first-order valence-corrected chi connectivity index (χ1v) is 12.6. The quantitative estimate of drug-likeness (QED) is 0.521. The van der Waals surface area contributed by atoms with E-state index < -0.39 is 0 Å². The highest BCUT2D eigenvalue weighted by molar-refractivity contribution is 5.69. The largest absolute Gasteiger partial charge is 0.495 e. The Balaban J connectivity index is 1.32. The molecule has 0 amide bonds. The summed E-state index contributed by atoms with van der Waals surface area (Å²) in [5.41, 5.74) is 3.01. The standard InChI is InChI=1S/C27H36N6O/c1-19(2)31-14-11-22(12-15-31)23-6-5-13-33-27(23)29-26(30-33)10-8-21-7-9-24(25(16-21)34-4)32-17-20(3)28-18-32/h7-10,16-19,22-23H,5-6,11-15H2,1-4H3/t23-/m0/s1. The fourth-order valence-corrected chi connectivity index (χ4v) is 5.49. The molecule has 1 fully saturated rings. The van der Waals surface area contributed by atoms with Crippen molar-refractivity contribution in [2.45, 2.75) is 65.0 Å². The summed E-state index contributed by atoms with van der Waals surface area (Å²) in [5, 5.41) is 4.83. The average Bonchev–Trinajstić information content (AvgIpc) is 3.48. The van der Waals surface area contributed by atoms with E-state index in [1.54, 1.807) is 7.11 Å². The summed E-state index contributed by atoms with van der Waals surface area (Å²) in [6, 6.07) is 6.84. The molecular formula is C27H36N6O. The summed E-state index contributed by atoms with van der Waals surface area (Å²) in [5.74, 6) is 4.06. The first-order chi connectivity index (χ1) is 16.5. The number of hydrogen-bond acceptors (Lipinski definition) is 5. The van der Waals surface area contributed by atoms with Gasteiger partial charge in [0.2, 0.25) is 0 Å². The summed E-state index contributed by atoms with van der Waals surface area (Å²) >= 11 is 0. The second-order valence-corrected chi connectivity index (χ2v) is 9.95. The normalized spacial score (nSPS) is 19.7. The first kappa shape index (κ1) is 22.8. The van der Waals surface area contributed by atoms with Gasteiger partial charge in [-0.3, -0.25) is 0 Å². The van der Waals surface area contributed by atoms with E-state index in [0.29, 0.717) is 12.0 Å². The molecule has 180 valence electrons. The smallest absolute Gasteiger partial charge is 0.174 e. The Hall–Kier alpha value is -2.93. The molecule has 34 heavy (non-hydrogen) atoms. The zero-order valence-corrected chi connectivity index (χ0v) is 20.8. The summed E-state index contributed by atoms with van der Waals surface area (Å²) < 4.78 is 9.80. The third-order valence-electron chi connectivity index (χ3n) is 7.43. The number of aromatic nitrogens is 5. The molecule has 2 aromatic heterocycles. The molecule has 7 heteroatoms. The molecule has 7 nitrogen and oxygen atoms in total. The Morgan fingerprint density at radius 3 is 2.62 bits per heavy atom. The van der Waals surface area contributed by atoms with Crippen LogP contribution in [0.3, 0.4) is 0 Å². The number of rotatable bonds is 6. The lowest BCUT2D eigenvalue weighted by molar-refractivity contribution is 0.128. The summed E-state index contributed by atoms with van der Waals surface area (Å²) in [6.45, 7) is 9.98. The number of imidazole rings is 1. The van der Waals surface area contributed by atoms with Gasteiger partial charge in [-0.25, -0.2) is 14.6 Å². The van der Waals surface area contributed by atoms with Crippen LogP contribution in [-0.2, 0) is 6.54 Å². The van der Waals surface area contributed by atoms with Gasteiger partial charge < -0.3 is 14.2 Å². The molecule has 0 saturated carbocycles. The van der Waals surface area contributed by atoms with Crippen molar-refractivity contribution in [1.82, 2.24) is 29.2 Å². The minimum Gasteiger partial charge on any atom is -0.495 e. The molecule has 1 saturated heterocycles. The van der Waals surface area contributed by atoms with Gasteiger partial charge in [-0.2, -0.15) is 5.10 Å². The van der Waals surface area contributed by atoms with Crippen LogP contribution in [0.25, 0.3) is 17.8 Å². The zero-order chi connectivity index (χ0) is 23.7. The van der Waals surface area contributed by atoms with Crippen molar-refractivity contribution in [2.75, 3.05) is 20.2 Å². The van der Waals surface area contributed by atoms with Crippen molar-refractivity contribution in [1.29, 1.82) is 0 Å². The van der Waals surface area contributed by atoms with Crippen molar-refractivity contribution in [3.63, 3.8) is 0 Å². The van der Waals surface area contributed by atoms with Crippen LogP contribution in [0.2, 0.25) is 0 Å². The Labute approximate surface area is 202 Å². The fraction of sp³-hybridized carbons (Fsp3) is 0.519. The highest BCUT2D eigenvalue weighted by Crippen LogP contribution is 2.38. The molecular weight excluding hydrogens is 424 g/mol. The van der Waals surface area contributed by atoms with Gasteiger partial charge in [0, 0.05) is 24.7 Å². The van der Waals surface area contributed by atoms with Gasteiger partial charge in [0.05, 0.1) is 24.8 Å².